The quantitative estimate of drug-likeness (QED) is 0.351. The van der Waals surface area contributed by atoms with Crippen molar-refractivity contribution in [2.24, 2.45) is 11.3 Å². The Hall–Kier alpha value is -3.35. The minimum Gasteiger partial charge on any atom is -0.497 e. The number of rotatable bonds is 7. The zero-order valence-corrected chi connectivity index (χ0v) is 25.5. The second-order valence-corrected chi connectivity index (χ2v) is 12.2. The third-order valence-electron chi connectivity index (χ3n) is 9.77. The summed E-state index contributed by atoms with van der Waals surface area (Å²) in [5.74, 6) is 1.98. The van der Waals surface area contributed by atoms with Gasteiger partial charge in [-0.2, -0.15) is 0 Å². The van der Waals surface area contributed by atoms with Crippen LogP contribution in [0.2, 0.25) is 0 Å². The van der Waals surface area contributed by atoms with Gasteiger partial charge in [-0.3, -0.25) is 9.59 Å². The maximum atomic E-state index is 13.6. The van der Waals surface area contributed by atoms with Crippen LogP contribution in [0.25, 0.3) is 0 Å². The van der Waals surface area contributed by atoms with Crippen molar-refractivity contribution in [3.05, 3.63) is 101 Å². The summed E-state index contributed by atoms with van der Waals surface area (Å²) in [5, 5.41) is 0. The van der Waals surface area contributed by atoms with E-state index in [1.165, 1.54) is 5.56 Å². The van der Waals surface area contributed by atoms with Gasteiger partial charge in [0.05, 0.1) is 12.5 Å². The van der Waals surface area contributed by atoms with E-state index in [1.807, 2.05) is 43.3 Å². The van der Waals surface area contributed by atoms with Crippen LogP contribution in [-0.4, -0.2) is 72.9 Å². The van der Waals surface area contributed by atoms with Crippen molar-refractivity contribution in [2.45, 2.75) is 38.6 Å². The fourth-order valence-corrected chi connectivity index (χ4v) is 7.24. The molecule has 3 aromatic rings. The third-order valence-corrected chi connectivity index (χ3v) is 9.77. The molecular weight excluding hydrogens is 546 g/mol. The van der Waals surface area contributed by atoms with Crippen molar-refractivity contribution in [1.82, 2.24) is 14.7 Å². The molecule has 7 heteroatoms. The zero-order valence-electron chi connectivity index (χ0n) is 24.7. The normalized spacial score (nSPS) is 21.9. The largest absolute Gasteiger partial charge is 0.497 e. The fourth-order valence-electron chi connectivity index (χ4n) is 7.24. The first-order valence-corrected chi connectivity index (χ1v) is 15.0. The molecule has 3 aromatic carbocycles. The maximum absolute atomic E-state index is 13.6. The Morgan fingerprint density at radius 3 is 2.24 bits per heavy atom. The van der Waals surface area contributed by atoms with Crippen LogP contribution >= 0.6 is 12.4 Å². The standard InChI is InChI=1S/C35H41N3O3.ClH/c1-26-8-6-7-11-31(26)33(39)38-24-29(32(25-38)28-9-4-3-5-10-28)23-36-19-16-35(17-20-36)18-21-37(34(35)40)22-27-12-14-30(41-2)15-13-27;/h3-15,29,32H,16-25H2,1-2H3;1H/t29-,32+;/m0./s1. The highest BCUT2D eigenvalue weighted by atomic mass is 35.5. The summed E-state index contributed by atoms with van der Waals surface area (Å²) in [5.41, 5.74) is 4.07. The Kier molecular flexibility index (Phi) is 9.24. The number of methoxy groups -OCH3 is 1. The Morgan fingerprint density at radius 1 is 0.881 bits per heavy atom. The molecule has 3 saturated heterocycles. The minimum atomic E-state index is -0.218. The first-order valence-electron chi connectivity index (χ1n) is 15.0. The zero-order chi connectivity index (χ0) is 28.4. The molecule has 0 unspecified atom stereocenters. The number of likely N-dealkylation sites (tertiary alicyclic amines) is 3. The van der Waals surface area contributed by atoms with Crippen molar-refractivity contribution in [3.63, 3.8) is 0 Å². The van der Waals surface area contributed by atoms with Crippen LogP contribution in [0.3, 0.4) is 0 Å². The molecule has 6 rings (SSSR count). The molecule has 6 nitrogen and oxygen atoms in total. The first kappa shape index (κ1) is 30.1. The molecule has 1 spiro atoms. The average Bonchev–Trinajstić information content (AvgIpc) is 3.56. The molecule has 2 atom stereocenters. The van der Waals surface area contributed by atoms with Crippen LogP contribution < -0.4 is 4.74 Å². The van der Waals surface area contributed by atoms with Gasteiger partial charge in [0.25, 0.3) is 5.91 Å². The predicted molar refractivity (Wildman–Crippen MR) is 168 cm³/mol. The van der Waals surface area contributed by atoms with E-state index in [2.05, 4.69) is 57.2 Å². The average molecular weight is 588 g/mol. The third kappa shape index (κ3) is 6.06. The molecule has 3 aliphatic rings. The van der Waals surface area contributed by atoms with E-state index < -0.39 is 0 Å². The molecule has 42 heavy (non-hydrogen) atoms. The number of hydrogen-bond acceptors (Lipinski definition) is 4. The lowest BCUT2D eigenvalue weighted by atomic mass is 9.76. The Balaban J connectivity index is 0.00000353. The summed E-state index contributed by atoms with van der Waals surface area (Å²) >= 11 is 0. The molecule has 3 fully saturated rings. The van der Waals surface area contributed by atoms with E-state index in [1.54, 1.807) is 7.11 Å². The van der Waals surface area contributed by atoms with Gasteiger partial charge in [-0.25, -0.2) is 0 Å². The van der Waals surface area contributed by atoms with Gasteiger partial charge in [-0.15, -0.1) is 12.4 Å². The van der Waals surface area contributed by atoms with E-state index in [0.717, 1.165) is 81.0 Å². The van der Waals surface area contributed by atoms with Crippen molar-refractivity contribution in [3.8, 4) is 5.75 Å². The number of aryl methyl sites for hydroxylation is 1. The molecular formula is C35H42ClN3O3. The van der Waals surface area contributed by atoms with Gasteiger partial charge < -0.3 is 19.4 Å². The molecule has 2 amide bonds. The summed E-state index contributed by atoms with van der Waals surface area (Å²) < 4.78 is 5.28. The lowest BCUT2D eigenvalue weighted by Gasteiger charge is -2.39. The van der Waals surface area contributed by atoms with E-state index in [9.17, 15) is 9.59 Å². The first-order chi connectivity index (χ1) is 20.0. The Morgan fingerprint density at radius 2 is 1.55 bits per heavy atom. The van der Waals surface area contributed by atoms with Crippen LogP contribution in [0.4, 0.5) is 0 Å². The molecule has 0 radical (unpaired) electrons. The van der Waals surface area contributed by atoms with Gasteiger partial charge in [-0.1, -0.05) is 60.7 Å². The molecule has 222 valence electrons. The predicted octanol–water partition coefficient (Wildman–Crippen LogP) is 5.80. The summed E-state index contributed by atoms with van der Waals surface area (Å²) in [6.45, 7) is 7.86. The summed E-state index contributed by atoms with van der Waals surface area (Å²) in [7, 11) is 1.67. The van der Waals surface area contributed by atoms with E-state index >= 15 is 0 Å². The highest BCUT2D eigenvalue weighted by Gasteiger charge is 2.48. The van der Waals surface area contributed by atoms with Crippen LogP contribution in [0.15, 0.2) is 78.9 Å². The van der Waals surface area contributed by atoms with Crippen LogP contribution in [-0.2, 0) is 11.3 Å². The van der Waals surface area contributed by atoms with Crippen LogP contribution in [0, 0.1) is 18.3 Å². The van der Waals surface area contributed by atoms with Crippen molar-refractivity contribution in [2.75, 3.05) is 46.4 Å². The van der Waals surface area contributed by atoms with Crippen molar-refractivity contribution < 1.29 is 14.3 Å². The highest BCUT2D eigenvalue weighted by molar-refractivity contribution is 5.95. The summed E-state index contributed by atoms with van der Waals surface area (Å²) in [6, 6.07) is 26.6. The van der Waals surface area contributed by atoms with Gasteiger partial charge in [0.2, 0.25) is 5.91 Å². The van der Waals surface area contributed by atoms with E-state index in [-0.39, 0.29) is 23.7 Å². The second kappa shape index (κ2) is 12.9. The van der Waals surface area contributed by atoms with Crippen LogP contribution in [0.5, 0.6) is 5.75 Å². The van der Waals surface area contributed by atoms with Crippen molar-refractivity contribution >= 4 is 24.2 Å². The fraction of sp³-hybridized carbons (Fsp3) is 0.429. The van der Waals surface area contributed by atoms with Gasteiger partial charge in [0, 0.05) is 44.2 Å². The monoisotopic (exact) mass is 587 g/mol. The lowest BCUT2D eigenvalue weighted by molar-refractivity contribution is -0.139. The van der Waals surface area contributed by atoms with E-state index in [0.29, 0.717) is 24.3 Å². The van der Waals surface area contributed by atoms with Gasteiger partial charge in [0.15, 0.2) is 0 Å². The number of carbonyl (C=O) groups excluding carboxylic acids is 2. The summed E-state index contributed by atoms with van der Waals surface area (Å²) in [4.78, 5) is 33.8. The van der Waals surface area contributed by atoms with Crippen LogP contribution in [0.1, 0.15) is 52.2 Å². The van der Waals surface area contributed by atoms with Gasteiger partial charge in [0.1, 0.15) is 5.75 Å². The number of ether oxygens (including phenoxy) is 1. The van der Waals surface area contributed by atoms with Gasteiger partial charge >= 0.3 is 0 Å². The topological polar surface area (TPSA) is 53.1 Å². The highest BCUT2D eigenvalue weighted by Crippen LogP contribution is 2.43. The van der Waals surface area contributed by atoms with Gasteiger partial charge in [-0.05, 0) is 80.1 Å². The molecule has 0 N–H and O–H groups in total. The number of amides is 2. The van der Waals surface area contributed by atoms with E-state index in [4.69, 9.17) is 4.74 Å². The number of nitrogens with zero attached hydrogens (tertiary/aromatic N) is 3. The second-order valence-electron chi connectivity index (χ2n) is 12.2. The molecule has 0 bridgehead atoms. The summed E-state index contributed by atoms with van der Waals surface area (Å²) in [6.07, 6.45) is 2.78. The number of piperidine rings is 1. The molecule has 0 aromatic heterocycles. The molecule has 3 aliphatic heterocycles. The Bertz CT molecular complexity index is 1370. The number of benzene rings is 3. The molecule has 0 aliphatic carbocycles. The number of halogens is 1. The Labute approximate surface area is 256 Å². The molecule has 3 heterocycles. The smallest absolute Gasteiger partial charge is 0.254 e. The number of hydrogen-bond donors (Lipinski definition) is 0. The SMILES string of the molecule is COc1ccc(CN2CCC3(CCN(C[C@H]4CN(C(=O)c5ccccc5C)C[C@@H]4c4ccccc4)CC3)C2=O)cc1.Cl. The minimum absolute atomic E-state index is 0. The number of carbonyl (C=O) groups is 2. The van der Waals surface area contributed by atoms with Crippen molar-refractivity contribution in [1.29, 1.82) is 0 Å². The maximum Gasteiger partial charge on any atom is 0.254 e. The molecule has 0 saturated carbocycles. The lowest BCUT2D eigenvalue weighted by Crippen LogP contribution is -2.46.